The van der Waals surface area contributed by atoms with Crippen molar-refractivity contribution in [1.29, 1.82) is 0 Å². The summed E-state index contributed by atoms with van der Waals surface area (Å²) in [4.78, 5) is 0. The molecule has 2 rings (SSSR count). The number of hydrogen-bond donors (Lipinski definition) is 0. The quantitative estimate of drug-likeness (QED) is 0.776. The second-order valence-corrected chi connectivity index (χ2v) is 4.06. The Balaban J connectivity index is 2.68. The Morgan fingerprint density at radius 2 is 1.71 bits per heavy atom. The maximum atomic E-state index is 10.6. The third-order valence-corrected chi connectivity index (χ3v) is 3.02. The third-order valence-electron chi connectivity index (χ3n) is 2.33. The average Bonchev–Trinajstić information content (AvgIpc) is 2.20. The highest BCUT2D eigenvalue weighted by atomic mass is 79.9. The second kappa shape index (κ2) is 4.11. The summed E-state index contributed by atoms with van der Waals surface area (Å²) in [6.07, 6.45) is 0.605. The van der Waals surface area contributed by atoms with Crippen LogP contribution in [0.4, 0.5) is 0 Å². The summed E-state index contributed by atoms with van der Waals surface area (Å²) in [5.41, 5.74) is 1.14. The fraction of sp³-hybridized carbons (Fsp3) is 0.167. The Bertz CT molecular complexity index is 451. The number of halogens is 1. The van der Waals surface area contributed by atoms with Gasteiger partial charge in [0.2, 0.25) is 0 Å². The predicted molar refractivity (Wildman–Crippen MR) is 60.9 cm³/mol. The van der Waals surface area contributed by atoms with Gasteiger partial charge in [0.25, 0.3) is 0 Å². The first-order valence-corrected chi connectivity index (χ1v) is 5.36. The molecule has 1 radical (unpaired) electrons. The Kier molecular flexibility index (Phi) is 2.85. The SMILES string of the molecule is [O]CCc1cccc2c(Br)cccc12. The molecule has 0 N–H and O–H groups in total. The smallest absolute Gasteiger partial charge is 0.0862 e. The van der Waals surface area contributed by atoms with Gasteiger partial charge in [0, 0.05) is 4.47 Å². The van der Waals surface area contributed by atoms with E-state index in [4.69, 9.17) is 0 Å². The molecule has 0 aliphatic heterocycles. The van der Waals surface area contributed by atoms with Crippen LogP contribution in [0.25, 0.3) is 10.8 Å². The highest BCUT2D eigenvalue weighted by molar-refractivity contribution is 9.10. The Labute approximate surface area is 91.5 Å². The Morgan fingerprint density at radius 3 is 2.50 bits per heavy atom. The Morgan fingerprint density at radius 1 is 1.00 bits per heavy atom. The van der Waals surface area contributed by atoms with Gasteiger partial charge in [0.15, 0.2) is 0 Å². The van der Waals surface area contributed by atoms with E-state index >= 15 is 0 Å². The van der Waals surface area contributed by atoms with Crippen LogP contribution in [0.3, 0.4) is 0 Å². The van der Waals surface area contributed by atoms with Gasteiger partial charge < -0.3 is 0 Å². The first-order chi connectivity index (χ1) is 6.83. The van der Waals surface area contributed by atoms with E-state index in [0.29, 0.717) is 6.42 Å². The molecule has 0 fully saturated rings. The molecule has 0 aromatic heterocycles. The normalized spacial score (nSPS) is 10.7. The maximum absolute atomic E-state index is 10.6. The van der Waals surface area contributed by atoms with Gasteiger partial charge >= 0.3 is 0 Å². The van der Waals surface area contributed by atoms with Crippen molar-refractivity contribution in [3.05, 3.63) is 46.4 Å². The van der Waals surface area contributed by atoms with Gasteiger partial charge in [-0.2, -0.15) is 0 Å². The standard InChI is InChI=1S/C12H10BrO/c13-12-6-2-4-10-9(7-8-14)3-1-5-11(10)12/h1-6H,7-8H2. The van der Waals surface area contributed by atoms with Crippen LogP contribution in [-0.4, -0.2) is 6.61 Å². The van der Waals surface area contributed by atoms with Crippen molar-refractivity contribution < 1.29 is 5.11 Å². The van der Waals surface area contributed by atoms with Crippen LogP contribution in [0.2, 0.25) is 0 Å². The molecule has 2 aromatic carbocycles. The molecule has 2 aromatic rings. The summed E-state index contributed by atoms with van der Waals surface area (Å²) < 4.78 is 1.09. The van der Waals surface area contributed by atoms with Crippen LogP contribution >= 0.6 is 15.9 Å². The lowest BCUT2D eigenvalue weighted by molar-refractivity contribution is 0.197. The zero-order chi connectivity index (χ0) is 9.97. The summed E-state index contributed by atoms with van der Waals surface area (Å²) in [6, 6.07) is 12.2. The molecule has 14 heavy (non-hydrogen) atoms. The molecule has 0 unspecified atom stereocenters. The molecule has 0 heterocycles. The van der Waals surface area contributed by atoms with Crippen molar-refractivity contribution in [2.24, 2.45) is 0 Å². The fourth-order valence-corrected chi connectivity index (χ4v) is 2.16. The minimum absolute atomic E-state index is 0.0500. The number of benzene rings is 2. The van der Waals surface area contributed by atoms with E-state index in [1.165, 1.54) is 10.8 Å². The minimum Gasteiger partial charge on any atom is -0.236 e. The lowest BCUT2D eigenvalue weighted by atomic mass is 10.0. The molecule has 0 bridgehead atoms. The van der Waals surface area contributed by atoms with E-state index in [-0.39, 0.29) is 6.61 Å². The largest absolute Gasteiger partial charge is 0.236 e. The maximum Gasteiger partial charge on any atom is 0.0862 e. The topological polar surface area (TPSA) is 19.9 Å². The van der Waals surface area contributed by atoms with E-state index in [2.05, 4.69) is 28.1 Å². The van der Waals surface area contributed by atoms with Crippen molar-refractivity contribution in [3.63, 3.8) is 0 Å². The molecular weight excluding hydrogens is 240 g/mol. The van der Waals surface area contributed by atoms with Crippen molar-refractivity contribution in [1.82, 2.24) is 0 Å². The molecule has 0 saturated heterocycles. The Hall–Kier alpha value is -0.860. The molecule has 0 atom stereocenters. The van der Waals surface area contributed by atoms with Crippen molar-refractivity contribution >= 4 is 26.7 Å². The average molecular weight is 250 g/mol. The van der Waals surface area contributed by atoms with Crippen molar-refractivity contribution in [3.8, 4) is 0 Å². The second-order valence-electron chi connectivity index (χ2n) is 3.21. The molecule has 71 valence electrons. The van der Waals surface area contributed by atoms with Crippen LogP contribution in [-0.2, 0) is 11.5 Å². The number of rotatable bonds is 2. The van der Waals surface area contributed by atoms with Gasteiger partial charge in [0.05, 0.1) is 6.61 Å². The first kappa shape index (κ1) is 9.69. The van der Waals surface area contributed by atoms with E-state index in [1.807, 2.05) is 24.3 Å². The van der Waals surface area contributed by atoms with Crippen molar-refractivity contribution in [2.75, 3.05) is 6.61 Å². The number of hydrogen-bond acceptors (Lipinski definition) is 0. The lowest BCUT2D eigenvalue weighted by Crippen LogP contribution is -1.90. The van der Waals surface area contributed by atoms with Gasteiger partial charge in [-0.25, -0.2) is 5.11 Å². The van der Waals surface area contributed by atoms with Crippen LogP contribution < -0.4 is 0 Å². The summed E-state index contributed by atoms with van der Waals surface area (Å²) in [7, 11) is 0. The summed E-state index contributed by atoms with van der Waals surface area (Å²) in [6.45, 7) is -0.0500. The summed E-state index contributed by atoms with van der Waals surface area (Å²) in [5, 5.41) is 13.0. The fourth-order valence-electron chi connectivity index (χ4n) is 1.66. The monoisotopic (exact) mass is 249 g/mol. The van der Waals surface area contributed by atoms with Gasteiger partial charge in [0.1, 0.15) is 0 Å². The van der Waals surface area contributed by atoms with E-state index < -0.39 is 0 Å². The van der Waals surface area contributed by atoms with E-state index in [0.717, 1.165) is 10.0 Å². The van der Waals surface area contributed by atoms with Crippen LogP contribution in [0.5, 0.6) is 0 Å². The lowest BCUT2D eigenvalue weighted by Gasteiger charge is -2.05. The van der Waals surface area contributed by atoms with Gasteiger partial charge in [-0.05, 0) is 28.8 Å². The summed E-state index contributed by atoms with van der Waals surface area (Å²) >= 11 is 3.50. The highest BCUT2D eigenvalue weighted by Gasteiger charge is 2.02. The minimum atomic E-state index is -0.0500. The van der Waals surface area contributed by atoms with Crippen LogP contribution in [0, 0.1) is 0 Å². The molecule has 0 spiro atoms. The van der Waals surface area contributed by atoms with E-state index in [9.17, 15) is 5.11 Å². The zero-order valence-corrected chi connectivity index (χ0v) is 9.25. The number of fused-ring (bicyclic) bond motifs is 1. The van der Waals surface area contributed by atoms with Gasteiger partial charge in [-0.15, -0.1) is 0 Å². The molecule has 0 aliphatic rings. The van der Waals surface area contributed by atoms with Crippen LogP contribution in [0.1, 0.15) is 5.56 Å². The van der Waals surface area contributed by atoms with Crippen molar-refractivity contribution in [2.45, 2.75) is 6.42 Å². The predicted octanol–water partition coefficient (Wildman–Crippen LogP) is 3.58. The van der Waals surface area contributed by atoms with Gasteiger partial charge in [-0.3, -0.25) is 0 Å². The van der Waals surface area contributed by atoms with Crippen LogP contribution in [0.15, 0.2) is 40.9 Å². The molecule has 0 saturated carbocycles. The zero-order valence-electron chi connectivity index (χ0n) is 7.66. The first-order valence-electron chi connectivity index (χ1n) is 4.57. The highest BCUT2D eigenvalue weighted by Crippen LogP contribution is 2.26. The third kappa shape index (κ3) is 1.68. The molecule has 0 aliphatic carbocycles. The molecule has 1 nitrogen and oxygen atoms in total. The van der Waals surface area contributed by atoms with E-state index in [1.54, 1.807) is 0 Å². The molecule has 0 amide bonds. The summed E-state index contributed by atoms with van der Waals surface area (Å²) in [5.74, 6) is 0. The molecule has 2 heteroatoms. The molecular formula is C12H10BrO. The van der Waals surface area contributed by atoms with Gasteiger partial charge in [-0.1, -0.05) is 46.3 Å².